The van der Waals surface area contributed by atoms with Gasteiger partial charge in [-0.05, 0) is 54.8 Å². The lowest BCUT2D eigenvalue weighted by Gasteiger charge is -2.19. The lowest BCUT2D eigenvalue weighted by Crippen LogP contribution is -2.11. The fourth-order valence-corrected chi connectivity index (χ4v) is 4.47. The van der Waals surface area contributed by atoms with Crippen LogP contribution in [0.2, 0.25) is 0 Å². The Morgan fingerprint density at radius 1 is 0.700 bits per heavy atom. The smallest absolute Gasteiger partial charge is 0.0318 e. The van der Waals surface area contributed by atoms with Crippen LogP contribution in [0.5, 0.6) is 0 Å². The zero-order valence-corrected chi connectivity index (χ0v) is 6.29. The van der Waals surface area contributed by atoms with E-state index in [1.165, 1.54) is 35.5 Å². The Morgan fingerprint density at radius 2 is 1.50 bits per heavy atom. The first-order valence-electron chi connectivity index (χ1n) is 4.97. The van der Waals surface area contributed by atoms with Gasteiger partial charge in [-0.2, -0.15) is 0 Å². The first kappa shape index (κ1) is 4.79. The molecule has 0 N–H and O–H groups in total. The molecule has 0 saturated heterocycles. The predicted molar refractivity (Wildman–Crippen MR) is 39.4 cm³/mol. The van der Waals surface area contributed by atoms with Gasteiger partial charge in [0.2, 0.25) is 0 Å². The topological polar surface area (TPSA) is 0 Å². The largest absolute Gasteiger partial charge is 0.0527 e. The van der Waals surface area contributed by atoms with E-state index in [2.05, 4.69) is 0 Å². The molecular weight excluding hydrogens is 120 g/mol. The van der Waals surface area contributed by atoms with Crippen molar-refractivity contribution in [1.82, 2.24) is 0 Å². The van der Waals surface area contributed by atoms with Gasteiger partial charge in [-0.25, -0.2) is 0 Å². The molecule has 4 saturated carbocycles. The molecular formula is C10H14. The second kappa shape index (κ2) is 1.19. The van der Waals surface area contributed by atoms with Gasteiger partial charge in [0.25, 0.3) is 0 Å². The van der Waals surface area contributed by atoms with Gasteiger partial charge in [0.15, 0.2) is 0 Å². The van der Waals surface area contributed by atoms with Gasteiger partial charge in [-0.15, -0.1) is 0 Å². The second-order valence-electron chi connectivity index (χ2n) is 4.98. The minimum Gasteiger partial charge on any atom is -0.0527 e. The van der Waals surface area contributed by atoms with E-state index >= 15 is 0 Å². The first-order chi connectivity index (χ1) is 4.97. The van der Waals surface area contributed by atoms with E-state index in [9.17, 15) is 0 Å². The van der Waals surface area contributed by atoms with Crippen molar-refractivity contribution in [2.75, 3.05) is 0 Å². The molecule has 0 aliphatic heterocycles. The van der Waals surface area contributed by atoms with Crippen molar-refractivity contribution in [2.24, 2.45) is 35.5 Å². The van der Waals surface area contributed by atoms with E-state index in [1.54, 1.807) is 25.7 Å². The van der Waals surface area contributed by atoms with Crippen molar-refractivity contribution >= 4 is 0 Å². The molecule has 4 aliphatic carbocycles. The van der Waals surface area contributed by atoms with Gasteiger partial charge in [-0.1, -0.05) is 6.42 Å². The second-order valence-corrected chi connectivity index (χ2v) is 4.98. The first-order valence-corrected chi connectivity index (χ1v) is 4.97. The summed E-state index contributed by atoms with van der Waals surface area (Å²) < 4.78 is 0. The molecule has 0 aromatic heterocycles. The summed E-state index contributed by atoms with van der Waals surface area (Å²) in [4.78, 5) is 0. The maximum atomic E-state index is 1.64. The predicted octanol–water partition coefficient (Wildman–Crippen LogP) is 2.30. The van der Waals surface area contributed by atoms with E-state index in [0.29, 0.717) is 0 Å². The molecule has 0 amide bonds. The summed E-state index contributed by atoms with van der Waals surface area (Å²) in [5.41, 5.74) is 0. The molecule has 4 fully saturated rings. The van der Waals surface area contributed by atoms with Crippen LogP contribution in [0.1, 0.15) is 25.7 Å². The molecule has 4 rings (SSSR count). The third-order valence-electron chi connectivity index (χ3n) is 4.80. The Bertz CT molecular complexity index is 190. The Labute approximate surface area is 62.0 Å². The van der Waals surface area contributed by atoms with Crippen LogP contribution in [0.25, 0.3) is 0 Å². The van der Waals surface area contributed by atoms with Crippen LogP contribution in [0.3, 0.4) is 0 Å². The number of hydrogen-bond donors (Lipinski definition) is 0. The summed E-state index contributed by atoms with van der Waals surface area (Å²) >= 11 is 0. The molecule has 6 atom stereocenters. The van der Waals surface area contributed by atoms with Crippen LogP contribution in [0.15, 0.2) is 0 Å². The van der Waals surface area contributed by atoms with Crippen LogP contribution in [0.4, 0.5) is 0 Å². The molecule has 0 nitrogen and oxygen atoms in total. The number of hydrogen-bond acceptors (Lipinski definition) is 0. The minimum absolute atomic E-state index is 1.24. The Hall–Kier alpha value is 0. The fraction of sp³-hybridized carbons (Fsp3) is 1.00. The SMILES string of the molecule is C1CC2C3CC3C3C(C1)C23. The average molecular weight is 134 g/mol. The summed E-state index contributed by atoms with van der Waals surface area (Å²) in [6.07, 6.45) is 6.43. The van der Waals surface area contributed by atoms with E-state index in [4.69, 9.17) is 0 Å². The summed E-state index contributed by atoms with van der Waals surface area (Å²) in [5, 5.41) is 0. The summed E-state index contributed by atoms with van der Waals surface area (Å²) in [6.45, 7) is 0. The van der Waals surface area contributed by atoms with Crippen LogP contribution in [-0.2, 0) is 0 Å². The molecule has 0 spiro atoms. The number of fused-ring (bicyclic) bond motifs is 4. The maximum Gasteiger partial charge on any atom is -0.0318 e. The molecule has 0 bridgehead atoms. The molecule has 0 aromatic rings. The van der Waals surface area contributed by atoms with Gasteiger partial charge >= 0.3 is 0 Å². The standard InChI is InChI=1S/C10H14/c1-2-5-7-4-8(7)10-6(3-1)9(5)10/h5-10H,1-4H2. The third-order valence-corrected chi connectivity index (χ3v) is 4.80. The molecule has 0 aromatic carbocycles. The van der Waals surface area contributed by atoms with Gasteiger partial charge in [0.05, 0.1) is 0 Å². The van der Waals surface area contributed by atoms with Crippen molar-refractivity contribution in [3.05, 3.63) is 0 Å². The highest BCUT2D eigenvalue weighted by Crippen LogP contribution is 2.78. The van der Waals surface area contributed by atoms with Gasteiger partial charge in [-0.3, -0.25) is 0 Å². The van der Waals surface area contributed by atoms with Gasteiger partial charge in [0.1, 0.15) is 0 Å². The number of rotatable bonds is 0. The molecule has 0 heteroatoms. The van der Waals surface area contributed by atoms with Crippen molar-refractivity contribution < 1.29 is 0 Å². The van der Waals surface area contributed by atoms with Crippen molar-refractivity contribution in [3.8, 4) is 0 Å². The molecule has 4 aliphatic rings. The summed E-state index contributed by atoms with van der Waals surface area (Å²) in [7, 11) is 0. The van der Waals surface area contributed by atoms with Crippen LogP contribution >= 0.6 is 0 Å². The van der Waals surface area contributed by atoms with Gasteiger partial charge < -0.3 is 0 Å². The molecule has 10 heavy (non-hydrogen) atoms. The minimum atomic E-state index is 1.24. The monoisotopic (exact) mass is 134 g/mol. The quantitative estimate of drug-likeness (QED) is 0.477. The van der Waals surface area contributed by atoms with E-state index in [1.807, 2.05) is 0 Å². The Balaban J connectivity index is 1.80. The highest BCUT2D eigenvalue weighted by Gasteiger charge is 2.72. The lowest BCUT2D eigenvalue weighted by molar-refractivity contribution is 0.302. The fourth-order valence-electron chi connectivity index (χ4n) is 4.47. The maximum absolute atomic E-state index is 1.64. The molecule has 0 radical (unpaired) electrons. The van der Waals surface area contributed by atoms with E-state index < -0.39 is 0 Å². The summed E-state index contributed by atoms with van der Waals surface area (Å²) in [6, 6.07) is 0. The normalized spacial score (nSPS) is 74.4. The van der Waals surface area contributed by atoms with Crippen molar-refractivity contribution in [2.45, 2.75) is 25.7 Å². The van der Waals surface area contributed by atoms with Gasteiger partial charge in [0, 0.05) is 0 Å². The lowest BCUT2D eigenvalue weighted by atomic mass is 9.86. The average Bonchev–Trinajstić information content (AvgIpc) is 2.72. The summed E-state index contributed by atoms with van der Waals surface area (Å²) in [5.74, 6) is 7.57. The molecule has 0 heterocycles. The van der Waals surface area contributed by atoms with Crippen molar-refractivity contribution in [3.63, 3.8) is 0 Å². The zero-order valence-electron chi connectivity index (χ0n) is 6.29. The molecule has 6 unspecified atom stereocenters. The zero-order chi connectivity index (χ0) is 6.29. The van der Waals surface area contributed by atoms with Crippen LogP contribution < -0.4 is 0 Å². The Kier molecular flexibility index (Phi) is 0.570. The third kappa shape index (κ3) is 0.339. The molecule has 54 valence electrons. The van der Waals surface area contributed by atoms with Crippen LogP contribution in [-0.4, -0.2) is 0 Å². The van der Waals surface area contributed by atoms with E-state index in [0.717, 1.165) is 0 Å². The van der Waals surface area contributed by atoms with Crippen molar-refractivity contribution in [1.29, 1.82) is 0 Å². The highest BCUT2D eigenvalue weighted by molar-refractivity contribution is 5.20. The van der Waals surface area contributed by atoms with Crippen LogP contribution in [0, 0.1) is 35.5 Å². The Morgan fingerprint density at radius 3 is 2.40 bits per heavy atom. The van der Waals surface area contributed by atoms with E-state index in [-0.39, 0.29) is 0 Å². The highest BCUT2D eigenvalue weighted by atomic mass is 14.8.